The van der Waals surface area contributed by atoms with Crippen molar-refractivity contribution in [1.29, 1.82) is 0 Å². The minimum Gasteiger partial charge on any atom is -0.481 e. The first kappa shape index (κ1) is 31.6. The molecule has 12 heteroatoms. The van der Waals surface area contributed by atoms with Crippen molar-refractivity contribution in [3.63, 3.8) is 0 Å². The van der Waals surface area contributed by atoms with Gasteiger partial charge in [0, 0.05) is 38.6 Å². The number of carboxylic acid groups (broad SMARTS) is 1. The van der Waals surface area contributed by atoms with Crippen LogP contribution in [0.1, 0.15) is 49.3 Å². The Balaban J connectivity index is 0.000000385. The van der Waals surface area contributed by atoms with Gasteiger partial charge in [-0.15, -0.1) is 0 Å². The first-order valence-electron chi connectivity index (χ1n) is 14.2. The van der Waals surface area contributed by atoms with Crippen LogP contribution in [0.3, 0.4) is 0 Å². The molecule has 2 aromatic rings. The Hall–Kier alpha value is -3.32. The van der Waals surface area contributed by atoms with E-state index in [2.05, 4.69) is 10.2 Å². The lowest BCUT2D eigenvalue weighted by Crippen LogP contribution is -2.55. The molecule has 3 aliphatic heterocycles. The molecule has 1 spiro atoms. The van der Waals surface area contributed by atoms with Crippen molar-refractivity contribution in [2.24, 2.45) is 11.7 Å². The number of nitrogens with two attached hydrogens (primary N) is 1. The molecular weight excluding hydrogens is 560 g/mol. The number of benzene rings is 2. The van der Waals surface area contributed by atoms with E-state index in [4.69, 9.17) is 15.6 Å². The van der Waals surface area contributed by atoms with E-state index in [1.54, 1.807) is 12.1 Å². The van der Waals surface area contributed by atoms with Gasteiger partial charge in [-0.2, -0.15) is 0 Å². The first-order chi connectivity index (χ1) is 20.0. The van der Waals surface area contributed by atoms with Gasteiger partial charge in [0.1, 0.15) is 5.54 Å². The van der Waals surface area contributed by atoms with E-state index in [1.165, 1.54) is 17.0 Å². The van der Waals surface area contributed by atoms with E-state index in [-0.39, 0.29) is 29.3 Å². The van der Waals surface area contributed by atoms with Crippen molar-refractivity contribution >= 4 is 27.7 Å². The van der Waals surface area contributed by atoms with Crippen molar-refractivity contribution < 1.29 is 32.6 Å². The summed E-state index contributed by atoms with van der Waals surface area (Å²) in [5.74, 6) is -1.04. The molecule has 3 fully saturated rings. The molecule has 42 heavy (non-hydrogen) atoms. The SMILES string of the molecule is CS(=O)(=O)c1ccc(CN2C(=O)NC3(CCN(CC[C@H](N)c4ccccc4)CC3)C2=O)cc1.O=C(O)C1CCOCC1. The van der Waals surface area contributed by atoms with Crippen LogP contribution in [-0.4, -0.2) is 85.9 Å². The highest BCUT2D eigenvalue weighted by Gasteiger charge is 2.52. The number of carbonyl (C=O) groups excluding carboxylic acids is 2. The smallest absolute Gasteiger partial charge is 0.325 e. The number of carbonyl (C=O) groups is 3. The van der Waals surface area contributed by atoms with Crippen molar-refractivity contribution in [2.45, 2.75) is 55.1 Å². The number of amides is 3. The Morgan fingerprint density at radius 1 is 1.07 bits per heavy atom. The zero-order chi connectivity index (χ0) is 30.3. The average Bonchev–Trinajstić information content (AvgIpc) is 3.21. The zero-order valence-corrected chi connectivity index (χ0v) is 24.7. The van der Waals surface area contributed by atoms with Gasteiger partial charge in [0.15, 0.2) is 9.84 Å². The Kier molecular flexibility index (Phi) is 10.4. The van der Waals surface area contributed by atoms with E-state index in [0.717, 1.165) is 24.8 Å². The summed E-state index contributed by atoms with van der Waals surface area (Å²) in [6.45, 7) is 3.60. The number of piperidine rings is 1. The minimum atomic E-state index is -3.29. The van der Waals surface area contributed by atoms with Crippen molar-refractivity contribution in [2.75, 3.05) is 39.1 Å². The molecule has 0 saturated carbocycles. The van der Waals surface area contributed by atoms with Gasteiger partial charge in [-0.1, -0.05) is 42.5 Å². The topological polar surface area (TPSA) is 159 Å². The summed E-state index contributed by atoms with van der Waals surface area (Å²) in [6.07, 6.45) is 4.44. The number of nitrogens with zero attached hydrogens (tertiary/aromatic N) is 2. The summed E-state index contributed by atoms with van der Waals surface area (Å²) in [5.41, 5.74) is 7.27. The van der Waals surface area contributed by atoms with Crippen LogP contribution in [0.4, 0.5) is 4.79 Å². The minimum absolute atomic E-state index is 0.0283. The number of carboxylic acids is 1. The molecule has 0 bridgehead atoms. The van der Waals surface area contributed by atoms with E-state index in [0.29, 0.717) is 57.6 Å². The van der Waals surface area contributed by atoms with Gasteiger partial charge in [0.2, 0.25) is 0 Å². The quantitative estimate of drug-likeness (QED) is 0.387. The van der Waals surface area contributed by atoms with E-state index >= 15 is 0 Å². The number of sulfone groups is 1. The second-order valence-corrected chi connectivity index (χ2v) is 13.2. The molecule has 5 rings (SSSR count). The lowest BCUT2D eigenvalue weighted by atomic mass is 9.87. The highest BCUT2D eigenvalue weighted by molar-refractivity contribution is 7.90. The maximum Gasteiger partial charge on any atom is 0.325 e. The Bertz CT molecular complexity index is 1340. The second-order valence-electron chi connectivity index (χ2n) is 11.2. The van der Waals surface area contributed by atoms with Gasteiger partial charge >= 0.3 is 12.0 Å². The van der Waals surface area contributed by atoms with E-state index in [9.17, 15) is 22.8 Å². The molecule has 1 atom stereocenters. The van der Waals surface area contributed by atoms with Crippen LogP contribution in [0.2, 0.25) is 0 Å². The van der Waals surface area contributed by atoms with Gasteiger partial charge in [-0.25, -0.2) is 13.2 Å². The predicted octanol–water partition coefficient (Wildman–Crippen LogP) is 2.56. The summed E-state index contributed by atoms with van der Waals surface area (Å²) in [4.78, 5) is 39.8. The van der Waals surface area contributed by atoms with Crippen LogP contribution in [0.5, 0.6) is 0 Å². The third-order valence-corrected chi connectivity index (χ3v) is 9.33. The van der Waals surface area contributed by atoms with Crippen LogP contribution in [-0.2, 0) is 30.7 Å². The van der Waals surface area contributed by atoms with Crippen LogP contribution in [0.25, 0.3) is 0 Å². The number of aliphatic carboxylic acids is 1. The Labute approximate surface area is 246 Å². The standard InChI is InChI=1S/C24H30N4O4S.C6H10O3/c1-33(31,32)20-9-7-18(8-10-20)17-28-22(29)24(26-23(28)30)12-15-27(16-13-24)14-11-21(25)19-5-3-2-4-6-19;7-6(8)5-1-3-9-4-2-5/h2-10,21H,11-17,25H2,1H3,(H,26,30);5H,1-4H2,(H,7,8)/t21-;/m0./s1. The van der Waals surface area contributed by atoms with Gasteiger partial charge in [-0.05, 0) is 61.9 Å². The number of ether oxygens (including phenoxy) is 1. The van der Waals surface area contributed by atoms with Gasteiger partial charge in [0.25, 0.3) is 5.91 Å². The molecule has 0 radical (unpaired) electrons. The third kappa shape index (κ3) is 7.94. The monoisotopic (exact) mass is 600 g/mol. The molecule has 4 N–H and O–H groups in total. The van der Waals surface area contributed by atoms with Crippen LogP contribution in [0, 0.1) is 5.92 Å². The molecular formula is C30H40N4O7S. The number of rotatable bonds is 8. The molecule has 3 aliphatic rings. The number of hydrogen-bond acceptors (Lipinski definition) is 8. The molecule has 3 heterocycles. The largest absolute Gasteiger partial charge is 0.481 e. The lowest BCUT2D eigenvalue weighted by Gasteiger charge is -2.37. The Morgan fingerprint density at radius 3 is 2.24 bits per heavy atom. The average molecular weight is 601 g/mol. The van der Waals surface area contributed by atoms with Crippen molar-refractivity contribution in [3.8, 4) is 0 Å². The third-order valence-electron chi connectivity index (χ3n) is 8.20. The number of likely N-dealkylation sites (tertiary alicyclic amines) is 1. The lowest BCUT2D eigenvalue weighted by molar-refractivity contribution is -0.144. The molecule has 0 unspecified atom stereocenters. The Morgan fingerprint density at radius 2 is 1.69 bits per heavy atom. The fourth-order valence-electron chi connectivity index (χ4n) is 5.47. The van der Waals surface area contributed by atoms with E-state index in [1.807, 2.05) is 30.3 Å². The molecule has 0 aromatic heterocycles. The number of nitrogens with one attached hydrogen (secondary N) is 1. The highest BCUT2D eigenvalue weighted by Crippen LogP contribution is 2.31. The van der Waals surface area contributed by atoms with Crippen LogP contribution in [0.15, 0.2) is 59.5 Å². The zero-order valence-electron chi connectivity index (χ0n) is 23.9. The normalized spacial score (nSPS) is 20.1. The molecule has 3 amide bonds. The van der Waals surface area contributed by atoms with Gasteiger partial charge in [0.05, 0.1) is 17.4 Å². The van der Waals surface area contributed by atoms with Crippen molar-refractivity contribution in [1.82, 2.24) is 15.1 Å². The van der Waals surface area contributed by atoms with Gasteiger partial charge < -0.3 is 25.8 Å². The van der Waals surface area contributed by atoms with Gasteiger partial charge in [-0.3, -0.25) is 14.5 Å². The number of urea groups is 1. The highest BCUT2D eigenvalue weighted by atomic mass is 32.2. The van der Waals surface area contributed by atoms with E-state index < -0.39 is 27.4 Å². The van der Waals surface area contributed by atoms with Crippen molar-refractivity contribution in [3.05, 3.63) is 65.7 Å². The maximum absolute atomic E-state index is 13.2. The van der Waals surface area contributed by atoms with Crippen LogP contribution < -0.4 is 11.1 Å². The second kappa shape index (κ2) is 13.8. The summed E-state index contributed by atoms with van der Waals surface area (Å²) < 4.78 is 28.3. The molecule has 0 aliphatic carbocycles. The summed E-state index contributed by atoms with van der Waals surface area (Å²) in [6, 6.07) is 15.9. The fraction of sp³-hybridized carbons (Fsp3) is 0.500. The summed E-state index contributed by atoms with van der Waals surface area (Å²) in [5, 5.41) is 11.4. The summed E-state index contributed by atoms with van der Waals surface area (Å²) >= 11 is 0. The summed E-state index contributed by atoms with van der Waals surface area (Å²) in [7, 11) is -3.29. The predicted molar refractivity (Wildman–Crippen MR) is 156 cm³/mol. The van der Waals surface area contributed by atoms with Crippen LogP contribution >= 0.6 is 0 Å². The first-order valence-corrected chi connectivity index (χ1v) is 16.1. The maximum atomic E-state index is 13.2. The number of imide groups is 1. The molecule has 228 valence electrons. The molecule has 3 saturated heterocycles. The molecule has 2 aromatic carbocycles. The molecule has 11 nitrogen and oxygen atoms in total. The number of hydrogen-bond donors (Lipinski definition) is 3. The fourth-order valence-corrected chi connectivity index (χ4v) is 6.11.